The summed E-state index contributed by atoms with van der Waals surface area (Å²) in [6, 6.07) is 3.54. The topological polar surface area (TPSA) is 50.5 Å². The van der Waals surface area contributed by atoms with E-state index in [1.54, 1.807) is 43.7 Å². The molecule has 0 radical (unpaired) electrons. The lowest BCUT2D eigenvalue weighted by Crippen LogP contribution is -2.46. The average molecular weight is 317 g/mol. The van der Waals surface area contributed by atoms with Gasteiger partial charge in [0, 0.05) is 19.3 Å². The zero-order valence-corrected chi connectivity index (χ0v) is 13.4. The molecule has 1 aliphatic rings. The summed E-state index contributed by atoms with van der Waals surface area (Å²) in [5.41, 5.74) is -1.07. The maximum Gasteiger partial charge on any atom is 0.237 e. The van der Waals surface area contributed by atoms with Gasteiger partial charge in [-0.2, -0.15) is 0 Å². The van der Waals surface area contributed by atoms with Gasteiger partial charge in [0.15, 0.2) is 5.78 Å². The first-order chi connectivity index (χ1) is 10.5. The molecule has 4 nitrogen and oxygen atoms in total. The van der Waals surface area contributed by atoms with E-state index in [2.05, 4.69) is 13.2 Å². The van der Waals surface area contributed by atoms with Gasteiger partial charge in [-0.1, -0.05) is 12.2 Å². The van der Waals surface area contributed by atoms with Gasteiger partial charge < -0.3 is 9.32 Å². The molecule has 1 aromatic rings. The Morgan fingerprint density at radius 1 is 1.50 bits per heavy atom. The van der Waals surface area contributed by atoms with Crippen molar-refractivity contribution in [2.75, 3.05) is 19.3 Å². The molecule has 2 rings (SSSR count). The number of furan rings is 1. The summed E-state index contributed by atoms with van der Waals surface area (Å²) in [5.74, 6) is 0.685. The standard InChI is InChI=1S/C17H19NO3S/c1-4-8-17(16(20)18(3)9-5-2)12-22-14(15(17)19)11-13-7-6-10-21-13/h4-7,10-11H,1-2,8-9,12H2,3H3/b14-11-. The summed E-state index contributed by atoms with van der Waals surface area (Å²) >= 11 is 1.39. The number of nitrogens with zero attached hydrogens (tertiary/aromatic N) is 1. The summed E-state index contributed by atoms with van der Waals surface area (Å²) in [5, 5.41) is 0. The molecule has 0 aromatic carbocycles. The molecule has 5 heteroatoms. The van der Waals surface area contributed by atoms with Crippen molar-refractivity contribution in [3.8, 4) is 0 Å². The van der Waals surface area contributed by atoms with E-state index in [4.69, 9.17) is 4.42 Å². The van der Waals surface area contributed by atoms with Crippen LogP contribution in [0.15, 0.2) is 53.0 Å². The fraction of sp³-hybridized carbons (Fsp3) is 0.294. The Labute approximate surface area is 134 Å². The molecular weight excluding hydrogens is 298 g/mol. The molecule has 0 aliphatic carbocycles. The lowest BCUT2D eigenvalue weighted by atomic mass is 9.80. The van der Waals surface area contributed by atoms with Crippen molar-refractivity contribution >= 4 is 29.5 Å². The number of allylic oxidation sites excluding steroid dienone is 2. The van der Waals surface area contributed by atoms with Crippen LogP contribution in [0, 0.1) is 5.41 Å². The van der Waals surface area contributed by atoms with Crippen LogP contribution in [0.25, 0.3) is 6.08 Å². The Balaban J connectivity index is 2.32. The van der Waals surface area contributed by atoms with Gasteiger partial charge in [0.1, 0.15) is 11.2 Å². The van der Waals surface area contributed by atoms with Crippen LogP contribution in [-0.4, -0.2) is 35.9 Å². The lowest BCUT2D eigenvalue weighted by molar-refractivity contribution is -0.144. The zero-order valence-electron chi connectivity index (χ0n) is 12.6. The number of carbonyl (C=O) groups is 2. The number of carbonyl (C=O) groups excluding carboxylic acids is 2. The highest BCUT2D eigenvalue weighted by Crippen LogP contribution is 2.45. The Bertz CT molecular complexity index is 618. The van der Waals surface area contributed by atoms with Gasteiger partial charge in [-0.25, -0.2) is 0 Å². The summed E-state index contributed by atoms with van der Waals surface area (Å²) in [4.78, 5) is 27.7. The van der Waals surface area contributed by atoms with E-state index >= 15 is 0 Å². The molecule has 1 unspecified atom stereocenters. The minimum Gasteiger partial charge on any atom is -0.465 e. The number of likely N-dealkylation sites (N-methyl/N-ethyl adjacent to an activating group) is 1. The van der Waals surface area contributed by atoms with Crippen molar-refractivity contribution in [2.45, 2.75) is 6.42 Å². The molecule has 1 saturated heterocycles. The minimum atomic E-state index is -1.07. The molecule has 116 valence electrons. The molecule has 1 aromatic heterocycles. The number of hydrogen-bond acceptors (Lipinski definition) is 4. The second kappa shape index (κ2) is 6.83. The molecular formula is C17H19NO3S. The molecule has 2 heterocycles. The van der Waals surface area contributed by atoms with Crippen LogP contribution < -0.4 is 0 Å². The Morgan fingerprint density at radius 2 is 2.27 bits per heavy atom. The first-order valence-electron chi connectivity index (χ1n) is 6.95. The van der Waals surface area contributed by atoms with Gasteiger partial charge in [-0.15, -0.1) is 24.9 Å². The van der Waals surface area contributed by atoms with Crippen molar-refractivity contribution in [1.29, 1.82) is 0 Å². The molecule has 0 spiro atoms. The number of rotatable bonds is 6. The van der Waals surface area contributed by atoms with E-state index in [1.165, 1.54) is 16.7 Å². The Morgan fingerprint density at radius 3 is 2.86 bits per heavy atom. The molecule has 0 saturated carbocycles. The molecule has 1 aliphatic heterocycles. The zero-order chi connectivity index (χ0) is 16.2. The fourth-order valence-electron chi connectivity index (χ4n) is 2.46. The van der Waals surface area contributed by atoms with E-state index < -0.39 is 5.41 Å². The van der Waals surface area contributed by atoms with Crippen molar-refractivity contribution < 1.29 is 14.0 Å². The van der Waals surface area contributed by atoms with Crippen molar-refractivity contribution in [3.05, 3.63) is 54.4 Å². The highest BCUT2D eigenvalue weighted by atomic mass is 32.2. The highest BCUT2D eigenvalue weighted by Gasteiger charge is 2.51. The van der Waals surface area contributed by atoms with Crippen molar-refractivity contribution in [2.24, 2.45) is 5.41 Å². The van der Waals surface area contributed by atoms with Crippen LogP contribution in [0.5, 0.6) is 0 Å². The van der Waals surface area contributed by atoms with Crippen LogP contribution in [-0.2, 0) is 9.59 Å². The molecule has 22 heavy (non-hydrogen) atoms. The maximum atomic E-state index is 12.8. The fourth-order valence-corrected chi connectivity index (χ4v) is 3.76. The normalized spacial score (nSPS) is 22.8. The number of hydrogen-bond donors (Lipinski definition) is 0. The van der Waals surface area contributed by atoms with Gasteiger partial charge in [0.2, 0.25) is 5.91 Å². The third-order valence-electron chi connectivity index (χ3n) is 3.60. The molecule has 1 amide bonds. The van der Waals surface area contributed by atoms with Crippen molar-refractivity contribution in [1.82, 2.24) is 4.90 Å². The average Bonchev–Trinajstić information content (AvgIpc) is 3.11. The van der Waals surface area contributed by atoms with Gasteiger partial charge in [0.25, 0.3) is 0 Å². The molecule has 0 bridgehead atoms. The molecule has 0 N–H and O–H groups in total. The molecule has 1 fully saturated rings. The number of thioether (sulfide) groups is 1. The predicted octanol–water partition coefficient (Wildman–Crippen LogP) is 3.14. The maximum absolute atomic E-state index is 12.8. The van der Waals surface area contributed by atoms with Crippen molar-refractivity contribution in [3.63, 3.8) is 0 Å². The van der Waals surface area contributed by atoms with E-state index in [1.807, 2.05) is 0 Å². The van der Waals surface area contributed by atoms with Crippen LogP contribution in [0.4, 0.5) is 0 Å². The highest BCUT2D eigenvalue weighted by molar-refractivity contribution is 8.04. The summed E-state index contributed by atoms with van der Waals surface area (Å²) in [6.45, 7) is 7.75. The minimum absolute atomic E-state index is 0.158. The largest absolute Gasteiger partial charge is 0.465 e. The van der Waals surface area contributed by atoms with E-state index in [0.29, 0.717) is 29.4 Å². The number of ketones is 1. The van der Waals surface area contributed by atoms with Gasteiger partial charge in [-0.3, -0.25) is 9.59 Å². The van der Waals surface area contributed by atoms with Gasteiger partial charge in [-0.05, 0) is 24.6 Å². The van der Waals surface area contributed by atoms with E-state index in [9.17, 15) is 9.59 Å². The number of Topliss-reactive ketones (excluding diaryl/α,β-unsaturated/α-hetero) is 1. The quantitative estimate of drug-likeness (QED) is 0.459. The van der Waals surface area contributed by atoms with Crippen LogP contribution >= 0.6 is 11.8 Å². The van der Waals surface area contributed by atoms with Gasteiger partial charge in [0.05, 0.1) is 11.2 Å². The summed E-state index contributed by atoms with van der Waals surface area (Å²) in [6.07, 6.45) is 6.85. The van der Waals surface area contributed by atoms with Gasteiger partial charge >= 0.3 is 0 Å². The van der Waals surface area contributed by atoms with Crippen LogP contribution in [0.2, 0.25) is 0 Å². The monoisotopic (exact) mass is 317 g/mol. The second-order valence-corrected chi connectivity index (χ2v) is 6.21. The summed E-state index contributed by atoms with van der Waals surface area (Å²) in [7, 11) is 1.68. The molecule has 1 atom stereocenters. The third kappa shape index (κ3) is 2.95. The Hall–Kier alpha value is -2.01. The number of amides is 1. The summed E-state index contributed by atoms with van der Waals surface area (Å²) < 4.78 is 5.25. The van der Waals surface area contributed by atoms with Crippen LogP contribution in [0.1, 0.15) is 12.2 Å². The Kier molecular flexibility index (Phi) is 5.08. The first-order valence-corrected chi connectivity index (χ1v) is 7.94. The van der Waals surface area contributed by atoms with E-state index in [0.717, 1.165) is 0 Å². The lowest BCUT2D eigenvalue weighted by Gasteiger charge is -2.28. The third-order valence-corrected chi connectivity index (χ3v) is 4.85. The second-order valence-electron chi connectivity index (χ2n) is 5.19. The van der Waals surface area contributed by atoms with Crippen LogP contribution in [0.3, 0.4) is 0 Å². The first kappa shape index (κ1) is 16.4. The van der Waals surface area contributed by atoms with E-state index in [-0.39, 0.29) is 11.7 Å². The predicted molar refractivity (Wildman–Crippen MR) is 89.2 cm³/mol. The smallest absolute Gasteiger partial charge is 0.237 e. The SMILES string of the molecule is C=CCN(C)C(=O)C1(CC=C)CS/C(=C\c2ccco2)C1=O.